The van der Waals surface area contributed by atoms with Crippen molar-refractivity contribution in [3.8, 4) is 0 Å². The third-order valence-electron chi connectivity index (χ3n) is 3.05. The van der Waals surface area contributed by atoms with Gasteiger partial charge in [-0.15, -0.1) is 0 Å². The Kier molecular flexibility index (Phi) is 6.89. The van der Waals surface area contributed by atoms with E-state index in [1.165, 1.54) is 5.56 Å². The zero-order valence-electron chi connectivity index (χ0n) is 11.6. The number of rotatable bonds is 7. The molecule has 1 heterocycles. The van der Waals surface area contributed by atoms with Crippen molar-refractivity contribution in [1.29, 1.82) is 0 Å². The van der Waals surface area contributed by atoms with Gasteiger partial charge in [-0.2, -0.15) is 0 Å². The van der Waals surface area contributed by atoms with Crippen molar-refractivity contribution in [2.24, 2.45) is 0 Å². The summed E-state index contributed by atoms with van der Waals surface area (Å²) in [5, 5.41) is 14.9. The summed E-state index contributed by atoms with van der Waals surface area (Å²) in [5.41, 5.74) is 2.33. The molecular formula is C14H23N3O2. The molecule has 0 radical (unpaired) electrons. The van der Waals surface area contributed by atoms with Crippen LogP contribution in [0.15, 0.2) is 18.5 Å². The van der Waals surface area contributed by atoms with Gasteiger partial charge in [-0.3, -0.25) is 4.98 Å². The molecule has 1 unspecified atom stereocenters. The van der Waals surface area contributed by atoms with Crippen LogP contribution in [0.1, 0.15) is 30.9 Å². The third-order valence-corrected chi connectivity index (χ3v) is 3.05. The van der Waals surface area contributed by atoms with Crippen LogP contribution in [0.25, 0.3) is 0 Å². The van der Waals surface area contributed by atoms with Gasteiger partial charge >= 0.3 is 6.03 Å². The van der Waals surface area contributed by atoms with Crippen LogP contribution in [0.4, 0.5) is 4.79 Å². The Bertz CT molecular complexity index is 396. The number of nitrogens with one attached hydrogen (secondary N) is 2. The van der Waals surface area contributed by atoms with E-state index in [4.69, 9.17) is 0 Å². The number of hydrogen-bond donors (Lipinski definition) is 3. The van der Waals surface area contributed by atoms with Gasteiger partial charge in [0.1, 0.15) is 0 Å². The summed E-state index contributed by atoms with van der Waals surface area (Å²) in [4.78, 5) is 15.5. The highest BCUT2D eigenvalue weighted by Gasteiger charge is 2.03. The first-order valence-corrected chi connectivity index (χ1v) is 6.72. The van der Waals surface area contributed by atoms with Crippen molar-refractivity contribution in [1.82, 2.24) is 15.6 Å². The number of nitrogens with zero attached hydrogens (tertiary/aromatic N) is 1. The number of urea groups is 1. The normalized spacial score (nSPS) is 11.9. The average molecular weight is 265 g/mol. The molecule has 0 aromatic carbocycles. The van der Waals surface area contributed by atoms with Gasteiger partial charge in [-0.1, -0.05) is 6.92 Å². The fraction of sp³-hybridized carbons (Fsp3) is 0.571. The average Bonchev–Trinajstić information content (AvgIpc) is 2.40. The zero-order chi connectivity index (χ0) is 14.1. The van der Waals surface area contributed by atoms with Crippen LogP contribution < -0.4 is 10.6 Å². The van der Waals surface area contributed by atoms with Gasteiger partial charge in [0.25, 0.3) is 0 Å². The quantitative estimate of drug-likeness (QED) is 0.697. The van der Waals surface area contributed by atoms with Crippen LogP contribution in [0.2, 0.25) is 0 Å². The number of aryl methyl sites for hydroxylation is 1. The number of carbonyl (C=O) groups is 1. The first-order valence-electron chi connectivity index (χ1n) is 6.72. The Morgan fingerprint density at radius 3 is 2.84 bits per heavy atom. The Balaban J connectivity index is 2.15. The number of pyridine rings is 1. The maximum atomic E-state index is 11.5. The number of amides is 2. The molecule has 5 nitrogen and oxygen atoms in total. The molecule has 0 saturated heterocycles. The molecule has 0 spiro atoms. The number of carbonyl (C=O) groups excluding carboxylic acids is 1. The van der Waals surface area contributed by atoms with Crippen molar-refractivity contribution >= 4 is 6.03 Å². The maximum Gasteiger partial charge on any atom is 0.314 e. The number of aromatic nitrogens is 1. The minimum Gasteiger partial charge on any atom is -0.393 e. The van der Waals surface area contributed by atoms with E-state index in [1.807, 2.05) is 26.1 Å². The van der Waals surface area contributed by atoms with E-state index in [2.05, 4.69) is 15.6 Å². The second kappa shape index (κ2) is 8.48. The molecule has 106 valence electrons. The highest BCUT2D eigenvalue weighted by atomic mass is 16.3. The highest BCUT2D eigenvalue weighted by Crippen LogP contribution is 2.04. The largest absolute Gasteiger partial charge is 0.393 e. The van der Waals surface area contributed by atoms with Gasteiger partial charge in [-0.05, 0) is 43.4 Å². The molecular weight excluding hydrogens is 242 g/mol. The van der Waals surface area contributed by atoms with E-state index in [0.717, 1.165) is 12.0 Å². The number of hydrogen-bond acceptors (Lipinski definition) is 3. The molecule has 0 bridgehead atoms. The van der Waals surface area contributed by atoms with E-state index in [-0.39, 0.29) is 12.1 Å². The molecule has 19 heavy (non-hydrogen) atoms. The van der Waals surface area contributed by atoms with Crippen LogP contribution in [0, 0.1) is 6.92 Å². The molecule has 0 aliphatic rings. The fourth-order valence-electron chi connectivity index (χ4n) is 1.71. The number of aliphatic hydroxyl groups is 1. The molecule has 0 aliphatic heterocycles. The highest BCUT2D eigenvalue weighted by molar-refractivity contribution is 5.73. The van der Waals surface area contributed by atoms with E-state index in [0.29, 0.717) is 25.9 Å². The Labute approximate surface area is 114 Å². The Morgan fingerprint density at radius 1 is 1.42 bits per heavy atom. The monoisotopic (exact) mass is 265 g/mol. The Morgan fingerprint density at radius 2 is 2.16 bits per heavy atom. The van der Waals surface area contributed by atoms with Gasteiger partial charge in [0.15, 0.2) is 0 Å². The second-order valence-electron chi connectivity index (χ2n) is 4.59. The molecule has 1 aromatic heterocycles. The van der Waals surface area contributed by atoms with Crippen LogP contribution in [0.5, 0.6) is 0 Å². The van der Waals surface area contributed by atoms with E-state index in [9.17, 15) is 9.90 Å². The molecule has 0 fully saturated rings. The van der Waals surface area contributed by atoms with E-state index >= 15 is 0 Å². The summed E-state index contributed by atoms with van der Waals surface area (Å²) in [7, 11) is 0. The van der Waals surface area contributed by atoms with Crippen molar-refractivity contribution < 1.29 is 9.90 Å². The summed E-state index contributed by atoms with van der Waals surface area (Å²) in [5.74, 6) is 0. The van der Waals surface area contributed by atoms with Gasteiger partial charge in [0.2, 0.25) is 0 Å². The van der Waals surface area contributed by atoms with Gasteiger partial charge < -0.3 is 15.7 Å². The minimum absolute atomic E-state index is 0.185. The van der Waals surface area contributed by atoms with Gasteiger partial charge in [0, 0.05) is 25.5 Å². The molecule has 5 heteroatoms. The van der Waals surface area contributed by atoms with Crippen molar-refractivity contribution in [3.05, 3.63) is 29.6 Å². The summed E-state index contributed by atoms with van der Waals surface area (Å²) < 4.78 is 0. The van der Waals surface area contributed by atoms with E-state index < -0.39 is 0 Å². The molecule has 1 aromatic rings. The van der Waals surface area contributed by atoms with E-state index in [1.54, 1.807) is 6.20 Å². The first-order chi connectivity index (χ1) is 9.13. The maximum absolute atomic E-state index is 11.5. The van der Waals surface area contributed by atoms with Crippen LogP contribution in [-0.4, -0.2) is 35.3 Å². The third kappa shape index (κ3) is 6.20. The second-order valence-corrected chi connectivity index (χ2v) is 4.59. The molecule has 1 atom stereocenters. The summed E-state index contributed by atoms with van der Waals surface area (Å²) in [6.45, 7) is 5.01. The van der Waals surface area contributed by atoms with Gasteiger partial charge in [-0.25, -0.2) is 4.79 Å². The first kappa shape index (κ1) is 15.4. The SMILES string of the molecule is CCC(O)CCNC(=O)NCCc1ccncc1C. The van der Waals surface area contributed by atoms with Crippen molar-refractivity contribution in [2.45, 2.75) is 39.2 Å². The summed E-state index contributed by atoms with van der Waals surface area (Å²) in [6.07, 6.45) is 5.34. The van der Waals surface area contributed by atoms with Crippen LogP contribution >= 0.6 is 0 Å². The molecule has 3 N–H and O–H groups in total. The topological polar surface area (TPSA) is 74.2 Å². The lowest BCUT2D eigenvalue weighted by Crippen LogP contribution is -2.37. The smallest absolute Gasteiger partial charge is 0.314 e. The lowest BCUT2D eigenvalue weighted by molar-refractivity contribution is 0.160. The molecule has 0 aliphatic carbocycles. The zero-order valence-corrected chi connectivity index (χ0v) is 11.6. The van der Waals surface area contributed by atoms with Crippen molar-refractivity contribution in [3.63, 3.8) is 0 Å². The summed E-state index contributed by atoms with van der Waals surface area (Å²) >= 11 is 0. The summed E-state index contributed by atoms with van der Waals surface area (Å²) in [6, 6.07) is 1.78. The van der Waals surface area contributed by atoms with Crippen molar-refractivity contribution in [2.75, 3.05) is 13.1 Å². The molecule has 0 saturated carbocycles. The minimum atomic E-state index is -0.334. The Hall–Kier alpha value is -1.62. The van der Waals surface area contributed by atoms with Crippen LogP contribution in [0.3, 0.4) is 0 Å². The predicted octanol–water partition coefficient (Wildman–Crippen LogP) is 1.39. The van der Waals surface area contributed by atoms with Gasteiger partial charge in [0.05, 0.1) is 6.10 Å². The lowest BCUT2D eigenvalue weighted by Gasteiger charge is -2.10. The number of aliphatic hydroxyl groups excluding tert-OH is 1. The predicted molar refractivity (Wildman–Crippen MR) is 75.0 cm³/mol. The fourth-order valence-corrected chi connectivity index (χ4v) is 1.71. The lowest BCUT2D eigenvalue weighted by atomic mass is 10.1. The molecule has 1 rings (SSSR count). The standard InChI is InChI=1S/C14H23N3O2/c1-3-13(18)6-9-17-14(19)16-8-5-12-4-7-15-10-11(12)2/h4,7,10,13,18H,3,5-6,8-9H2,1-2H3,(H2,16,17,19). The molecule has 2 amide bonds. The van der Waals surface area contributed by atoms with Crippen LogP contribution in [-0.2, 0) is 6.42 Å².